The molecule has 0 aromatic heterocycles. The molecule has 0 saturated carbocycles. The first-order chi connectivity index (χ1) is 12.6. The van der Waals surface area contributed by atoms with Gasteiger partial charge >= 0.3 is 0 Å². The van der Waals surface area contributed by atoms with Crippen molar-refractivity contribution in [2.24, 2.45) is 0 Å². The molecular weight excluding hydrogens is 325 g/mol. The molecule has 0 aliphatic heterocycles. The summed E-state index contributed by atoms with van der Waals surface area (Å²) < 4.78 is 13.4. The largest absolute Gasteiger partial charge is 0.328 e. The van der Waals surface area contributed by atoms with E-state index < -0.39 is 0 Å². The summed E-state index contributed by atoms with van der Waals surface area (Å²) in [6.07, 6.45) is 0. The quantitative estimate of drug-likeness (QED) is 0.606. The van der Waals surface area contributed by atoms with Crippen molar-refractivity contribution < 1.29 is 9.18 Å². The minimum absolute atomic E-state index is 0.0389. The topological polar surface area (TPSA) is 20.3 Å². The Morgan fingerprint density at radius 3 is 1.96 bits per heavy atom. The van der Waals surface area contributed by atoms with E-state index >= 15 is 0 Å². The van der Waals surface area contributed by atoms with E-state index in [-0.39, 0.29) is 17.8 Å². The van der Waals surface area contributed by atoms with E-state index in [0.29, 0.717) is 12.1 Å². The van der Waals surface area contributed by atoms with Crippen LogP contribution in [0.2, 0.25) is 0 Å². The fraction of sp³-hybridized carbons (Fsp3) is 0.174. The summed E-state index contributed by atoms with van der Waals surface area (Å²) in [6, 6.07) is 23.5. The maximum atomic E-state index is 13.4. The summed E-state index contributed by atoms with van der Waals surface area (Å²) in [5.74, 6) is -0.322. The fourth-order valence-corrected chi connectivity index (χ4v) is 3.14. The van der Waals surface area contributed by atoms with Gasteiger partial charge < -0.3 is 4.90 Å². The molecule has 0 bridgehead atoms. The summed E-state index contributed by atoms with van der Waals surface area (Å²) in [4.78, 5) is 15.0. The van der Waals surface area contributed by atoms with Gasteiger partial charge in [-0.2, -0.15) is 0 Å². The molecule has 132 valence electrons. The number of hydrogen-bond acceptors (Lipinski definition) is 1. The molecule has 0 heterocycles. The lowest BCUT2D eigenvalue weighted by Gasteiger charge is -2.32. The van der Waals surface area contributed by atoms with Crippen molar-refractivity contribution in [3.63, 3.8) is 0 Å². The van der Waals surface area contributed by atoms with E-state index in [1.165, 1.54) is 12.1 Å². The van der Waals surface area contributed by atoms with Gasteiger partial charge in [-0.15, -0.1) is 0 Å². The third-order valence-electron chi connectivity index (χ3n) is 4.51. The van der Waals surface area contributed by atoms with Gasteiger partial charge in [-0.1, -0.05) is 60.2 Å². The highest BCUT2D eigenvalue weighted by Crippen LogP contribution is 2.30. The minimum Gasteiger partial charge on any atom is -0.328 e. The van der Waals surface area contributed by atoms with Gasteiger partial charge in [0.05, 0.1) is 6.04 Å². The first kappa shape index (κ1) is 17.9. The molecule has 1 atom stereocenters. The van der Waals surface area contributed by atoms with Crippen molar-refractivity contribution in [2.45, 2.75) is 19.9 Å². The summed E-state index contributed by atoms with van der Waals surface area (Å²) in [7, 11) is 0. The molecule has 3 rings (SSSR count). The van der Waals surface area contributed by atoms with E-state index in [4.69, 9.17) is 0 Å². The highest BCUT2D eigenvalue weighted by atomic mass is 19.1. The Balaban J connectivity index is 2.07. The standard InChI is InChI=1S/C23H22FNO/c1-3-25(23(26)20-7-5-4-6-8-20)22(18-11-9-17(2)10-12-18)19-13-15-21(24)16-14-19/h4-16,22H,3H2,1-2H3. The predicted octanol–water partition coefficient (Wildman–Crippen LogP) is 5.39. The molecule has 2 nitrogen and oxygen atoms in total. The average molecular weight is 347 g/mol. The summed E-state index contributed by atoms with van der Waals surface area (Å²) in [5, 5.41) is 0. The van der Waals surface area contributed by atoms with Crippen molar-refractivity contribution >= 4 is 5.91 Å². The van der Waals surface area contributed by atoms with Gasteiger partial charge in [-0.25, -0.2) is 4.39 Å². The molecule has 0 radical (unpaired) electrons. The third-order valence-corrected chi connectivity index (χ3v) is 4.51. The zero-order valence-corrected chi connectivity index (χ0v) is 15.0. The Labute approximate surface area is 153 Å². The van der Waals surface area contributed by atoms with Gasteiger partial charge in [0.25, 0.3) is 5.91 Å². The van der Waals surface area contributed by atoms with Crippen LogP contribution in [0.25, 0.3) is 0 Å². The molecule has 3 aromatic rings. The average Bonchev–Trinajstić information content (AvgIpc) is 2.68. The Morgan fingerprint density at radius 2 is 1.42 bits per heavy atom. The van der Waals surface area contributed by atoms with E-state index in [1.54, 1.807) is 12.1 Å². The fourth-order valence-electron chi connectivity index (χ4n) is 3.14. The second kappa shape index (κ2) is 7.96. The molecule has 0 aliphatic rings. The molecule has 26 heavy (non-hydrogen) atoms. The second-order valence-corrected chi connectivity index (χ2v) is 6.32. The van der Waals surface area contributed by atoms with Gasteiger partial charge in [-0.3, -0.25) is 4.79 Å². The Kier molecular flexibility index (Phi) is 5.47. The number of halogens is 1. The molecule has 0 N–H and O–H groups in total. The van der Waals surface area contributed by atoms with Gasteiger partial charge in [0.1, 0.15) is 5.82 Å². The summed E-state index contributed by atoms with van der Waals surface area (Å²) >= 11 is 0. The number of benzene rings is 3. The number of nitrogens with zero attached hydrogens (tertiary/aromatic N) is 1. The molecule has 3 aromatic carbocycles. The van der Waals surface area contributed by atoms with Crippen molar-refractivity contribution in [2.75, 3.05) is 6.54 Å². The van der Waals surface area contributed by atoms with E-state index in [2.05, 4.69) is 0 Å². The van der Waals surface area contributed by atoms with Crippen LogP contribution in [0.15, 0.2) is 78.9 Å². The lowest BCUT2D eigenvalue weighted by molar-refractivity contribution is 0.0717. The number of carbonyl (C=O) groups excluding carboxylic acids is 1. The van der Waals surface area contributed by atoms with Crippen LogP contribution < -0.4 is 0 Å². The van der Waals surface area contributed by atoms with Gasteiger partial charge in [0.15, 0.2) is 0 Å². The normalized spacial score (nSPS) is 11.8. The minimum atomic E-state index is -0.283. The summed E-state index contributed by atoms with van der Waals surface area (Å²) in [5.41, 5.74) is 3.70. The van der Waals surface area contributed by atoms with Crippen LogP contribution in [0, 0.1) is 12.7 Å². The van der Waals surface area contributed by atoms with E-state index in [1.807, 2.05) is 73.3 Å². The van der Waals surface area contributed by atoms with Crippen LogP contribution in [-0.4, -0.2) is 17.4 Å². The van der Waals surface area contributed by atoms with E-state index in [0.717, 1.165) is 16.7 Å². The maximum Gasteiger partial charge on any atom is 0.254 e. The Morgan fingerprint density at radius 1 is 0.885 bits per heavy atom. The van der Waals surface area contributed by atoms with Gasteiger partial charge in [0.2, 0.25) is 0 Å². The van der Waals surface area contributed by atoms with Crippen LogP contribution in [-0.2, 0) is 0 Å². The first-order valence-corrected chi connectivity index (χ1v) is 8.78. The highest BCUT2D eigenvalue weighted by molar-refractivity contribution is 5.94. The van der Waals surface area contributed by atoms with Crippen LogP contribution in [0.5, 0.6) is 0 Å². The lowest BCUT2D eigenvalue weighted by Crippen LogP contribution is -2.35. The molecule has 0 fully saturated rings. The van der Waals surface area contributed by atoms with Crippen LogP contribution in [0.4, 0.5) is 4.39 Å². The number of aryl methyl sites for hydroxylation is 1. The molecule has 0 aliphatic carbocycles. The maximum absolute atomic E-state index is 13.4. The SMILES string of the molecule is CCN(C(=O)c1ccccc1)C(c1ccc(C)cc1)c1ccc(F)cc1. The van der Waals surface area contributed by atoms with Crippen LogP contribution in [0.3, 0.4) is 0 Å². The van der Waals surface area contributed by atoms with E-state index in [9.17, 15) is 9.18 Å². The highest BCUT2D eigenvalue weighted by Gasteiger charge is 2.26. The molecule has 3 heteroatoms. The number of carbonyl (C=O) groups is 1. The molecule has 1 unspecified atom stereocenters. The Hall–Kier alpha value is -2.94. The van der Waals surface area contributed by atoms with Crippen LogP contribution in [0.1, 0.15) is 40.0 Å². The third kappa shape index (κ3) is 3.83. The predicted molar refractivity (Wildman–Crippen MR) is 103 cm³/mol. The van der Waals surface area contributed by atoms with Crippen molar-refractivity contribution in [3.8, 4) is 0 Å². The molecular formula is C23H22FNO. The monoisotopic (exact) mass is 347 g/mol. The van der Waals surface area contributed by atoms with Gasteiger partial charge in [-0.05, 0) is 49.2 Å². The van der Waals surface area contributed by atoms with Gasteiger partial charge in [0, 0.05) is 12.1 Å². The van der Waals surface area contributed by atoms with Crippen LogP contribution >= 0.6 is 0 Å². The van der Waals surface area contributed by atoms with Crippen molar-refractivity contribution in [1.82, 2.24) is 4.90 Å². The summed E-state index contributed by atoms with van der Waals surface area (Å²) in [6.45, 7) is 4.54. The molecule has 0 saturated heterocycles. The smallest absolute Gasteiger partial charge is 0.254 e. The molecule has 1 amide bonds. The zero-order valence-electron chi connectivity index (χ0n) is 15.0. The van der Waals surface area contributed by atoms with Crippen molar-refractivity contribution in [1.29, 1.82) is 0 Å². The number of amides is 1. The second-order valence-electron chi connectivity index (χ2n) is 6.32. The van der Waals surface area contributed by atoms with Crippen molar-refractivity contribution in [3.05, 3.63) is 107 Å². The Bertz CT molecular complexity index is 811. The lowest BCUT2D eigenvalue weighted by atomic mass is 9.95. The number of hydrogen-bond donors (Lipinski definition) is 0. The zero-order chi connectivity index (χ0) is 18.5. The molecule has 0 spiro atoms. The number of rotatable bonds is 5. The first-order valence-electron chi connectivity index (χ1n) is 8.78.